The third-order valence-electron chi connectivity index (χ3n) is 5.97. The van der Waals surface area contributed by atoms with Gasteiger partial charge in [-0.3, -0.25) is 9.48 Å². The molecule has 5 rings (SSSR count). The zero-order valence-corrected chi connectivity index (χ0v) is 20.7. The fourth-order valence-corrected chi connectivity index (χ4v) is 3.97. The van der Waals surface area contributed by atoms with Gasteiger partial charge in [-0.1, -0.05) is 12.1 Å². The first-order valence-electron chi connectivity index (χ1n) is 11.7. The van der Waals surface area contributed by atoms with Crippen LogP contribution in [0.25, 0.3) is 16.9 Å². The van der Waals surface area contributed by atoms with Gasteiger partial charge in [0, 0.05) is 17.8 Å². The molecule has 0 unspecified atom stereocenters. The summed E-state index contributed by atoms with van der Waals surface area (Å²) in [5.41, 5.74) is -3.64. The summed E-state index contributed by atoms with van der Waals surface area (Å²) in [5.74, 6) is -7.11. The summed E-state index contributed by atoms with van der Waals surface area (Å²) in [5, 5.41) is 9.91. The van der Waals surface area contributed by atoms with E-state index in [1.807, 2.05) is 0 Å². The lowest BCUT2D eigenvalue weighted by molar-refractivity contribution is -0.291. The molecular weight excluding hydrogens is 583 g/mol. The highest BCUT2D eigenvalue weighted by atomic mass is 19.4. The number of rotatable bonds is 6. The summed E-state index contributed by atoms with van der Waals surface area (Å²) in [7, 11) is 0. The van der Waals surface area contributed by atoms with E-state index < -0.39 is 52.6 Å². The van der Waals surface area contributed by atoms with E-state index in [2.05, 4.69) is 20.5 Å². The van der Waals surface area contributed by atoms with Gasteiger partial charge in [-0.25, -0.2) is 13.9 Å². The van der Waals surface area contributed by atoms with Crippen LogP contribution in [-0.2, 0) is 18.6 Å². The van der Waals surface area contributed by atoms with Crippen molar-refractivity contribution in [3.05, 3.63) is 101 Å². The van der Waals surface area contributed by atoms with Gasteiger partial charge in [-0.05, 0) is 48.0 Å². The van der Waals surface area contributed by atoms with Crippen LogP contribution in [0.3, 0.4) is 0 Å². The van der Waals surface area contributed by atoms with Crippen LogP contribution in [-0.4, -0.2) is 36.5 Å². The Morgan fingerprint density at radius 3 is 2.29 bits per heavy atom. The molecule has 0 atom stereocenters. The summed E-state index contributed by atoms with van der Waals surface area (Å²) in [6, 6.07) is 10.0. The highest BCUT2D eigenvalue weighted by Crippen LogP contribution is 2.44. The smallest absolute Gasteiger partial charge is 0.318 e. The number of alkyl halides is 8. The number of anilines is 1. The average Bonchev–Trinajstić information content (AvgIpc) is 3.54. The summed E-state index contributed by atoms with van der Waals surface area (Å²) in [6.45, 7) is -0.0971. The van der Waals surface area contributed by atoms with E-state index in [0.29, 0.717) is 6.07 Å². The standard InChI is InChI=1S/C26H15F9N6O/c27-17-6-4-15(5-7-17)19-9-21(24(28,29)26(33,34)35)41-22(38-19)10-20(39-41)23(42)37-18-11-36-40(13-18)12-14-2-1-3-16(8-14)25(30,31)32/h1-11,13H,12H2,(H,37,42). The van der Waals surface area contributed by atoms with Gasteiger partial charge >= 0.3 is 18.3 Å². The quantitative estimate of drug-likeness (QED) is 0.221. The van der Waals surface area contributed by atoms with Crippen LogP contribution in [0, 0.1) is 5.82 Å². The zero-order chi connectivity index (χ0) is 30.4. The molecule has 0 spiro atoms. The Morgan fingerprint density at radius 2 is 1.62 bits per heavy atom. The Hall–Kier alpha value is -4.89. The van der Waals surface area contributed by atoms with E-state index in [4.69, 9.17) is 0 Å². The van der Waals surface area contributed by atoms with Gasteiger partial charge in [0.2, 0.25) is 0 Å². The van der Waals surface area contributed by atoms with Crippen LogP contribution in [0.5, 0.6) is 0 Å². The normalized spacial score (nSPS) is 12.6. The summed E-state index contributed by atoms with van der Waals surface area (Å²) >= 11 is 0. The largest absolute Gasteiger partial charge is 0.459 e. The van der Waals surface area contributed by atoms with Crippen LogP contribution in [0.2, 0.25) is 0 Å². The summed E-state index contributed by atoms with van der Waals surface area (Å²) in [6.07, 6.45) is -8.16. The number of benzene rings is 2. The lowest BCUT2D eigenvalue weighted by Crippen LogP contribution is -2.36. The molecule has 16 heteroatoms. The molecule has 0 aliphatic carbocycles. The molecular formula is C26H15F9N6O. The number of fused-ring (bicyclic) bond motifs is 1. The van der Waals surface area contributed by atoms with Gasteiger partial charge in [0.15, 0.2) is 11.3 Å². The highest BCUT2D eigenvalue weighted by molar-refractivity contribution is 6.03. The second-order valence-electron chi connectivity index (χ2n) is 8.98. The Balaban J connectivity index is 1.44. The maximum atomic E-state index is 14.5. The SMILES string of the molecule is O=C(Nc1cnn(Cc2cccc(C(F)(F)F)c2)c1)c1cc2nc(-c3ccc(F)cc3)cc(C(F)(F)C(F)(F)F)n2n1. The fraction of sp³-hybridized carbons (Fsp3) is 0.154. The van der Waals surface area contributed by atoms with Crippen molar-refractivity contribution in [3.63, 3.8) is 0 Å². The van der Waals surface area contributed by atoms with Crippen molar-refractivity contribution in [3.8, 4) is 11.3 Å². The number of nitrogens with zero attached hydrogens (tertiary/aromatic N) is 5. The molecule has 3 heterocycles. The molecule has 0 saturated carbocycles. The molecule has 0 saturated heterocycles. The maximum Gasteiger partial charge on any atom is 0.459 e. The maximum absolute atomic E-state index is 14.5. The van der Waals surface area contributed by atoms with Crippen molar-refractivity contribution >= 4 is 17.2 Å². The monoisotopic (exact) mass is 598 g/mol. The molecule has 42 heavy (non-hydrogen) atoms. The number of carbonyl (C=O) groups is 1. The third kappa shape index (κ3) is 5.64. The van der Waals surface area contributed by atoms with Crippen LogP contribution in [0.4, 0.5) is 45.2 Å². The molecule has 218 valence electrons. The van der Waals surface area contributed by atoms with Crippen molar-refractivity contribution in [1.29, 1.82) is 0 Å². The van der Waals surface area contributed by atoms with Crippen molar-refractivity contribution in [2.24, 2.45) is 0 Å². The minimum Gasteiger partial charge on any atom is -0.318 e. The number of amides is 1. The van der Waals surface area contributed by atoms with E-state index >= 15 is 0 Å². The molecule has 0 radical (unpaired) electrons. The number of carbonyl (C=O) groups excluding carboxylic acids is 1. The lowest BCUT2D eigenvalue weighted by Gasteiger charge is -2.21. The Morgan fingerprint density at radius 1 is 0.905 bits per heavy atom. The first-order chi connectivity index (χ1) is 19.6. The number of halogens is 9. The Bertz CT molecular complexity index is 1770. The Kier molecular flexibility index (Phi) is 6.94. The first-order valence-corrected chi connectivity index (χ1v) is 11.7. The average molecular weight is 598 g/mol. The molecule has 1 N–H and O–H groups in total. The van der Waals surface area contributed by atoms with Gasteiger partial charge in [0.25, 0.3) is 5.91 Å². The lowest BCUT2D eigenvalue weighted by atomic mass is 10.1. The predicted octanol–water partition coefficient (Wildman–Crippen LogP) is 6.71. The summed E-state index contributed by atoms with van der Waals surface area (Å²) < 4.78 is 123. The van der Waals surface area contributed by atoms with E-state index in [1.54, 1.807) is 0 Å². The second-order valence-corrected chi connectivity index (χ2v) is 8.98. The van der Waals surface area contributed by atoms with E-state index in [1.165, 1.54) is 23.0 Å². The first kappa shape index (κ1) is 28.6. The number of aromatic nitrogens is 5. The minimum absolute atomic E-state index is 0.0264. The van der Waals surface area contributed by atoms with Gasteiger partial charge in [-0.2, -0.15) is 45.3 Å². The van der Waals surface area contributed by atoms with Gasteiger partial charge < -0.3 is 5.32 Å². The number of hydrogen-bond acceptors (Lipinski definition) is 4. The van der Waals surface area contributed by atoms with Gasteiger partial charge in [0.1, 0.15) is 11.5 Å². The van der Waals surface area contributed by atoms with Crippen LogP contribution < -0.4 is 5.32 Å². The van der Waals surface area contributed by atoms with E-state index in [0.717, 1.165) is 48.7 Å². The molecule has 1 amide bonds. The fourth-order valence-electron chi connectivity index (χ4n) is 3.97. The number of hydrogen-bond donors (Lipinski definition) is 1. The molecule has 0 aliphatic rings. The molecule has 3 aromatic heterocycles. The van der Waals surface area contributed by atoms with Gasteiger partial charge in [0.05, 0.1) is 29.7 Å². The number of nitrogens with one attached hydrogen (secondary N) is 1. The Labute approximate surface area is 229 Å². The topological polar surface area (TPSA) is 77.1 Å². The van der Waals surface area contributed by atoms with Crippen molar-refractivity contribution in [2.45, 2.75) is 24.8 Å². The second kappa shape index (κ2) is 10.2. The zero-order valence-electron chi connectivity index (χ0n) is 20.7. The van der Waals surface area contributed by atoms with Crippen molar-refractivity contribution in [2.75, 3.05) is 5.32 Å². The third-order valence-corrected chi connectivity index (χ3v) is 5.97. The van der Waals surface area contributed by atoms with E-state index in [9.17, 15) is 44.3 Å². The minimum atomic E-state index is -6.02. The molecule has 0 bridgehead atoms. The van der Waals surface area contributed by atoms with Crippen molar-refractivity contribution < 1.29 is 44.3 Å². The molecule has 7 nitrogen and oxygen atoms in total. The van der Waals surface area contributed by atoms with Crippen LogP contribution in [0.1, 0.15) is 27.3 Å². The molecule has 0 aliphatic heterocycles. The van der Waals surface area contributed by atoms with Crippen LogP contribution >= 0.6 is 0 Å². The molecule has 0 fully saturated rings. The molecule has 5 aromatic rings. The molecule has 2 aromatic carbocycles. The van der Waals surface area contributed by atoms with E-state index in [-0.39, 0.29) is 33.6 Å². The van der Waals surface area contributed by atoms with Crippen molar-refractivity contribution in [1.82, 2.24) is 24.4 Å². The summed E-state index contributed by atoms with van der Waals surface area (Å²) in [4.78, 5) is 16.8. The van der Waals surface area contributed by atoms with Crippen LogP contribution in [0.15, 0.2) is 73.1 Å². The highest BCUT2D eigenvalue weighted by Gasteiger charge is 2.60. The van der Waals surface area contributed by atoms with Gasteiger partial charge in [-0.15, -0.1) is 0 Å². The predicted molar refractivity (Wildman–Crippen MR) is 129 cm³/mol.